The monoisotopic (exact) mass is 368 g/mol. The largest absolute Gasteiger partial charge is 0.368 e. The van der Waals surface area contributed by atoms with Crippen LogP contribution in [0.4, 0.5) is 5.95 Å². The van der Waals surface area contributed by atoms with E-state index in [1.54, 1.807) is 0 Å². The predicted octanol–water partition coefficient (Wildman–Crippen LogP) is 4.23. The second-order valence-corrected chi connectivity index (χ2v) is 7.37. The van der Waals surface area contributed by atoms with Gasteiger partial charge in [-0.3, -0.25) is 0 Å². The fraction of sp³-hybridized carbons (Fsp3) is 0.182. The molecule has 2 aromatic rings. The van der Waals surface area contributed by atoms with Crippen molar-refractivity contribution in [2.75, 3.05) is 5.73 Å². The third-order valence-corrected chi connectivity index (χ3v) is 3.84. The third-order valence-electron chi connectivity index (χ3n) is 2.17. The Morgan fingerprint density at radius 3 is 2.30 bits per heavy atom. The Morgan fingerprint density at radius 1 is 1.05 bits per heavy atom. The maximum absolute atomic E-state index is 5.82. The van der Waals surface area contributed by atoms with Gasteiger partial charge in [0.2, 0.25) is 9.74 Å². The summed E-state index contributed by atoms with van der Waals surface area (Å²) in [5.41, 5.74) is 6.64. The fourth-order valence-electron chi connectivity index (χ4n) is 1.29. The zero-order valence-electron chi connectivity index (χ0n) is 9.86. The quantitative estimate of drug-likeness (QED) is 0.647. The number of hydrogen-bond acceptors (Lipinski definition) is 5. The van der Waals surface area contributed by atoms with Gasteiger partial charge in [0.25, 0.3) is 0 Å². The zero-order chi connectivity index (χ0) is 14.8. The number of nitrogens with two attached hydrogens (primary N) is 1. The highest BCUT2D eigenvalue weighted by Gasteiger charge is 2.28. The number of anilines is 1. The first-order valence-corrected chi connectivity index (χ1v) is 7.80. The molecule has 0 radical (unpaired) electrons. The molecule has 0 saturated carbocycles. The van der Waals surface area contributed by atoms with E-state index in [1.165, 1.54) is 11.8 Å². The minimum Gasteiger partial charge on any atom is -0.368 e. The van der Waals surface area contributed by atoms with Gasteiger partial charge in [-0.05, 0) is 17.7 Å². The van der Waals surface area contributed by atoms with Gasteiger partial charge in [-0.1, -0.05) is 70.3 Å². The number of thioether (sulfide) groups is 1. The van der Waals surface area contributed by atoms with Crippen LogP contribution in [0.3, 0.4) is 0 Å². The van der Waals surface area contributed by atoms with Gasteiger partial charge in [0.15, 0.2) is 11.0 Å². The SMILES string of the molecule is Nc1nc(SCc2ccc(Cl)cc2)nc(C(Cl)(Cl)Cl)n1. The average molecular weight is 370 g/mol. The summed E-state index contributed by atoms with van der Waals surface area (Å²) in [5, 5.41) is 1.08. The van der Waals surface area contributed by atoms with Gasteiger partial charge < -0.3 is 5.73 Å². The van der Waals surface area contributed by atoms with E-state index in [2.05, 4.69) is 15.0 Å². The maximum atomic E-state index is 5.82. The van der Waals surface area contributed by atoms with Crippen LogP contribution in [-0.2, 0) is 9.55 Å². The lowest BCUT2D eigenvalue weighted by Crippen LogP contribution is -2.11. The molecule has 0 unspecified atom stereocenters. The standard InChI is InChI=1S/C11H8Cl4N4S/c12-7-3-1-6(2-4-7)5-20-10-18-8(11(13,14)15)17-9(16)19-10/h1-4H,5H2,(H2,16,17,18,19). The molecule has 2 rings (SSSR count). The summed E-state index contributed by atoms with van der Waals surface area (Å²) in [6, 6.07) is 7.45. The molecule has 1 aromatic carbocycles. The summed E-state index contributed by atoms with van der Waals surface area (Å²) < 4.78 is -1.73. The van der Waals surface area contributed by atoms with Gasteiger partial charge >= 0.3 is 0 Å². The first-order chi connectivity index (χ1) is 9.34. The van der Waals surface area contributed by atoms with Crippen molar-refractivity contribution < 1.29 is 0 Å². The molecule has 0 saturated heterocycles. The van der Waals surface area contributed by atoms with Crippen LogP contribution in [0, 0.1) is 0 Å². The number of alkyl halides is 3. The van der Waals surface area contributed by atoms with Gasteiger partial charge in [-0.25, -0.2) is 4.98 Å². The van der Waals surface area contributed by atoms with Crippen molar-refractivity contribution in [1.29, 1.82) is 0 Å². The molecule has 2 N–H and O–H groups in total. The Morgan fingerprint density at radius 2 is 1.70 bits per heavy atom. The Bertz CT molecular complexity index is 600. The first kappa shape index (κ1) is 15.9. The fourth-order valence-corrected chi connectivity index (χ4v) is 2.47. The van der Waals surface area contributed by atoms with Crippen LogP contribution >= 0.6 is 58.2 Å². The molecule has 0 atom stereocenters. The van der Waals surface area contributed by atoms with Crippen molar-refractivity contribution in [1.82, 2.24) is 15.0 Å². The number of hydrogen-bond donors (Lipinski definition) is 1. The van der Waals surface area contributed by atoms with Crippen molar-refractivity contribution in [3.8, 4) is 0 Å². The van der Waals surface area contributed by atoms with Crippen molar-refractivity contribution >= 4 is 64.1 Å². The predicted molar refractivity (Wildman–Crippen MR) is 84.5 cm³/mol. The first-order valence-electron chi connectivity index (χ1n) is 5.30. The summed E-state index contributed by atoms with van der Waals surface area (Å²) in [5.74, 6) is 0.661. The van der Waals surface area contributed by atoms with E-state index >= 15 is 0 Å². The Hall–Kier alpha value is -0.460. The lowest BCUT2D eigenvalue weighted by Gasteiger charge is -2.10. The van der Waals surface area contributed by atoms with Gasteiger partial charge in [0.1, 0.15) is 0 Å². The van der Waals surface area contributed by atoms with Crippen LogP contribution in [0.25, 0.3) is 0 Å². The van der Waals surface area contributed by atoms with Gasteiger partial charge in [0, 0.05) is 10.8 Å². The van der Waals surface area contributed by atoms with Crippen LogP contribution in [0.15, 0.2) is 29.4 Å². The highest BCUT2D eigenvalue weighted by atomic mass is 35.6. The number of rotatable bonds is 3. The smallest absolute Gasteiger partial charge is 0.250 e. The number of halogens is 4. The average Bonchev–Trinajstić information content (AvgIpc) is 2.36. The molecule has 1 heterocycles. The topological polar surface area (TPSA) is 64.7 Å². The van der Waals surface area contributed by atoms with Crippen LogP contribution in [0.2, 0.25) is 5.02 Å². The van der Waals surface area contributed by atoms with Gasteiger partial charge in [-0.2, -0.15) is 9.97 Å². The summed E-state index contributed by atoms with van der Waals surface area (Å²) in [7, 11) is 0. The van der Waals surface area contributed by atoms with Gasteiger partial charge in [-0.15, -0.1) is 0 Å². The number of benzene rings is 1. The molecule has 0 aliphatic carbocycles. The Kier molecular flexibility index (Phi) is 5.20. The summed E-state index contributed by atoms with van der Waals surface area (Å²) in [6.07, 6.45) is 0. The van der Waals surface area contributed by atoms with Crippen LogP contribution < -0.4 is 5.73 Å². The van der Waals surface area contributed by atoms with Crippen LogP contribution in [0.1, 0.15) is 11.4 Å². The molecule has 0 aliphatic rings. The summed E-state index contributed by atoms with van der Waals surface area (Å²) in [6.45, 7) is 0. The van der Waals surface area contributed by atoms with Crippen molar-refractivity contribution in [3.05, 3.63) is 40.7 Å². The minimum atomic E-state index is -1.73. The molecule has 9 heteroatoms. The molecule has 0 bridgehead atoms. The molecule has 0 spiro atoms. The number of nitrogen functional groups attached to an aromatic ring is 1. The van der Waals surface area contributed by atoms with E-state index in [9.17, 15) is 0 Å². The van der Waals surface area contributed by atoms with Gasteiger partial charge in [0.05, 0.1) is 0 Å². The van der Waals surface area contributed by atoms with E-state index in [-0.39, 0.29) is 11.8 Å². The highest BCUT2D eigenvalue weighted by Crippen LogP contribution is 2.36. The highest BCUT2D eigenvalue weighted by molar-refractivity contribution is 7.98. The second kappa shape index (κ2) is 6.54. The molecule has 0 aliphatic heterocycles. The third kappa shape index (κ3) is 4.53. The molecular formula is C11H8Cl4N4S. The lowest BCUT2D eigenvalue weighted by molar-refractivity contribution is 0.835. The number of nitrogens with zero attached hydrogens (tertiary/aromatic N) is 3. The van der Waals surface area contributed by atoms with E-state index in [0.29, 0.717) is 15.9 Å². The van der Waals surface area contributed by atoms with Crippen molar-refractivity contribution in [3.63, 3.8) is 0 Å². The molecule has 0 fully saturated rings. The minimum absolute atomic E-state index is 0.00797. The molecular weight excluding hydrogens is 362 g/mol. The van der Waals surface area contributed by atoms with Crippen molar-refractivity contribution in [2.24, 2.45) is 0 Å². The zero-order valence-corrected chi connectivity index (χ0v) is 13.7. The van der Waals surface area contributed by atoms with E-state index in [0.717, 1.165) is 5.56 Å². The van der Waals surface area contributed by atoms with E-state index in [4.69, 9.17) is 52.1 Å². The Labute approximate surface area is 140 Å². The van der Waals surface area contributed by atoms with E-state index < -0.39 is 3.79 Å². The van der Waals surface area contributed by atoms with E-state index in [1.807, 2.05) is 24.3 Å². The van der Waals surface area contributed by atoms with Crippen LogP contribution in [0.5, 0.6) is 0 Å². The summed E-state index contributed by atoms with van der Waals surface area (Å²) in [4.78, 5) is 11.9. The normalized spacial score (nSPS) is 11.6. The Balaban J connectivity index is 2.13. The maximum Gasteiger partial charge on any atom is 0.250 e. The summed E-state index contributed by atoms with van der Waals surface area (Å²) >= 11 is 24.4. The molecule has 1 aromatic heterocycles. The molecule has 106 valence electrons. The number of aromatic nitrogens is 3. The molecule has 20 heavy (non-hydrogen) atoms. The van der Waals surface area contributed by atoms with Crippen molar-refractivity contribution in [2.45, 2.75) is 14.7 Å². The second-order valence-electron chi connectivity index (χ2n) is 3.71. The molecule has 0 amide bonds. The molecule has 4 nitrogen and oxygen atoms in total. The lowest BCUT2D eigenvalue weighted by atomic mass is 10.2. The van der Waals surface area contributed by atoms with Crippen LogP contribution in [-0.4, -0.2) is 15.0 Å².